The number of rotatable bonds is 6. The highest BCUT2D eigenvalue weighted by molar-refractivity contribution is 9.10. The number of hydrogen-bond donors (Lipinski definition) is 0. The van der Waals surface area contributed by atoms with Gasteiger partial charge in [-0.25, -0.2) is 0 Å². The maximum atomic E-state index is 12.8. The van der Waals surface area contributed by atoms with E-state index in [-0.39, 0.29) is 11.8 Å². The van der Waals surface area contributed by atoms with E-state index in [1.54, 1.807) is 36.4 Å². The van der Waals surface area contributed by atoms with Crippen molar-refractivity contribution in [2.24, 2.45) is 0 Å². The molecule has 0 radical (unpaired) electrons. The first-order valence-electron chi connectivity index (χ1n) is 8.12. The molecule has 0 aromatic heterocycles. The number of amides is 2. The molecule has 0 N–H and O–H groups in total. The van der Waals surface area contributed by atoms with E-state index in [0.717, 1.165) is 21.1 Å². The minimum absolute atomic E-state index is 0.0127. The van der Waals surface area contributed by atoms with Gasteiger partial charge < -0.3 is 4.74 Å². The third-order valence-electron chi connectivity index (χ3n) is 3.87. The van der Waals surface area contributed by atoms with Gasteiger partial charge >= 0.3 is 0 Å². The lowest BCUT2D eigenvalue weighted by Crippen LogP contribution is -2.27. The van der Waals surface area contributed by atoms with Gasteiger partial charge in [-0.05, 0) is 48.2 Å². The van der Waals surface area contributed by atoms with E-state index in [0.29, 0.717) is 38.4 Å². The van der Waals surface area contributed by atoms with Gasteiger partial charge in [0.05, 0.1) is 11.4 Å². The van der Waals surface area contributed by atoms with E-state index in [2.05, 4.69) is 22.5 Å². The lowest BCUT2D eigenvalue weighted by molar-refractivity contribution is -0.123. The molecule has 2 amide bonds. The Morgan fingerprint density at radius 2 is 1.89 bits per heavy atom. The van der Waals surface area contributed by atoms with Crippen molar-refractivity contribution in [3.63, 3.8) is 0 Å². The molecular formula is C20H14BrCl2NO3S. The highest BCUT2D eigenvalue weighted by Crippen LogP contribution is 2.37. The molecule has 1 heterocycles. The zero-order valence-corrected chi connectivity index (χ0v) is 18.4. The minimum atomic E-state index is -0.402. The Bertz CT molecular complexity index is 973. The molecule has 4 nitrogen and oxygen atoms in total. The Balaban J connectivity index is 1.89. The van der Waals surface area contributed by atoms with Gasteiger partial charge in [0.1, 0.15) is 12.4 Å². The first-order chi connectivity index (χ1) is 13.4. The predicted octanol–water partition coefficient (Wildman–Crippen LogP) is 6.56. The second kappa shape index (κ2) is 9.18. The third-order valence-corrected chi connectivity index (χ3v) is 5.98. The summed E-state index contributed by atoms with van der Waals surface area (Å²) in [5.41, 5.74) is 1.21. The summed E-state index contributed by atoms with van der Waals surface area (Å²) < 4.78 is 6.46. The molecule has 1 saturated heterocycles. The van der Waals surface area contributed by atoms with Gasteiger partial charge in [-0.15, -0.1) is 0 Å². The van der Waals surface area contributed by atoms with Crippen LogP contribution in [0.2, 0.25) is 10.0 Å². The number of ether oxygens (including phenoxy) is 1. The Hall–Kier alpha value is -1.73. The molecule has 0 aliphatic carbocycles. The maximum absolute atomic E-state index is 12.8. The fraction of sp³-hybridized carbons (Fsp3) is 0.100. The summed E-state index contributed by atoms with van der Waals surface area (Å²) in [4.78, 5) is 26.7. The van der Waals surface area contributed by atoms with Crippen molar-refractivity contribution >= 4 is 68.1 Å². The summed E-state index contributed by atoms with van der Waals surface area (Å²) in [7, 11) is 0. The number of benzene rings is 2. The molecular weight excluding hydrogens is 485 g/mol. The van der Waals surface area contributed by atoms with Crippen molar-refractivity contribution in [2.75, 3.05) is 6.61 Å². The van der Waals surface area contributed by atoms with E-state index < -0.39 is 5.91 Å². The predicted molar refractivity (Wildman–Crippen MR) is 118 cm³/mol. The molecule has 1 aliphatic heterocycles. The van der Waals surface area contributed by atoms with Crippen molar-refractivity contribution in [2.45, 2.75) is 6.54 Å². The summed E-state index contributed by atoms with van der Waals surface area (Å²) in [6.45, 7) is 3.97. The number of imide groups is 1. The van der Waals surface area contributed by atoms with Crippen LogP contribution in [0.25, 0.3) is 6.08 Å². The van der Waals surface area contributed by atoms with Crippen LogP contribution < -0.4 is 4.74 Å². The van der Waals surface area contributed by atoms with Crippen LogP contribution in [-0.2, 0) is 11.3 Å². The van der Waals surface area contributed by atoms with Gasteiger partial charge in [0.15, 0.2) is 0 Å². The molecule has 2 aromatic carbocycles. The third kappa shape index (κ3) is 4.63. The fourth-order valence-electron chi connectivity index (χ4n) is 2.53. The van der Waals surface area contributed by atoms with Crippen LogP contribution in [0.4, 0.5) is 4.79 Å². The molecule has 0 spiro atoms. The van der Waals surface area contributed by atoms with Gasteiger partial charge in [-0.1, -0.05) is 57.9 Å². The molecule has 0 bridgehead atoms. The van der Waals surface area contributed by atoms with Gasteiger partial charge in [-0.3, -0.25) is 14.5 Å². The Morgan fingerprint density at radius 1 is 1.18 bits per heavy atom. The Morgan fingerprint density at radius 3 is 2.57 bits per heavy atom. The van der Waals surface area contributed by atoms with E-state index in [9.17, 15) is 9.59 Å². The summed E-state index contributed by atoms with van der Waals surface area (Å²) in [6, 6.07) is 10.5. The standard InChI is InChI=1S/C20H14BrCl2NO3S/c1-2-8-27-17-7-6-13(21)9-12(17)10-18-19(25)24(20(26)28-18)11-14-15(22)4-3-5-16(14)23/h2-7,9-10H,1,8,11H2/b18-10-. The number of thioether (sulfide) groups is 1. The van der Waals surface area contributed by atoms with Crippen molar-refractivity contribution in [1.82, 2.24) is 4.90 Å². The molecule has 144 valence electrons. The number of carbonyl (C=O) groups excluding carboxylic acids is 2. The number of halogens is 3. The summed E-state index contributed by atoms with van der Waals surface area (Å²) in [5.74, 6) is 0.185. The van der Waals surface area contributed by atoms with Crippen LogP contribution >= 0.6 is 50.9 Å². The fourth-order valence-corrected chi connectivity index (χ4v) is 4.26. The maximum Gasteiger partial charge on any atom is 0.293 e. The number of hydrogen-bond acceptors (Lipinski definition) is 4. The molecule has 3 rings (SSSR count). The first kappa shape index (κ1) is 21.0. The zero-order valence-electron chi connectivity index (χ0n) is 14.5. The largest absolute Gasteiger partial charge is 0.489 e. The zero-order chi connectivity index (χ0) is 20.3. The van der Waals surface area contributed by atoms with Crippen LogP contribution in [-0.4, -0.2) is 22.7 Å². The second-order valence-electron chi connectivity index (χ2n) is 5.75. The van der Waals surface area contributed by atoms with Crippen LogP contribution in [0.5, 0.6) is 5.75 Å². The lowest BCUT2D eigenvalue weighted by atomic mass is 10.1. The van der Waals surface area contributed by atoms with Crippen LogP contribution in [0.1, 0.15) is 11.1 Å². The average molecular weight is 499 g/mol. The van der Waals surface area contributed by atoms with Gasteiger partial charge in [0, 0.05) is 25.6 Å². The van der Waals surface area contributed by atoms with Crippen molar-refractivity contribution < 1.29 is 14.3 Å². The van der Waals surface area contributed by atoms with Crippen molar-refractivity contribution in [3.05, 3.63) is 79.6 Å². The van der Waals surface area contributed by atoms with E-state index in [1.165, 1.54) is 0 Å². The molecule has 1 fully saturated rings. The summed E-state index contributed by atoms with van der Waals surface area (Å²) in [5, 5.41) is 0.432. The van der Waals surface area contributed by atoms with Crippen LogP contribution in [0.3, 0.4) is 0 Å². The normalized spacial score (nSPS) is 15.4. The molecule has 0 atom stereocenters. The quantitative estimate of drug-likeness (QED) is 0.334. The van der Waals surface area contributed by atoms with Crippen molar-refractivity contribution in [3.8, 4) is 5.75 Å². The molecule has 0 unspecified atom stereocenters. The van der Waals surface area contributed by atoms with E-state index in [4.69, 9.17) is 27.9 Å². The summed E-state index contributed by atoms with van der Waals surface area (Å²) >= 11 is 16.6. The Kier molecular flexibility index (Phi) is 6.88. The number of carbonyl (C=O) groups is 2. The molecule has 0 saturated carbocycles. The smallest absolute Gasteiger partial charge is 0.293 e. The highest BCUT2D eigenvalue weighted by atomic mass is 79.9. The van der Waals surface area contributed by atoms with Gasteiger partial charge in [-0.2, -0.15) is 0 Å². The van der Waals surface area contributed by atoms with Gasteiger partial charge in [0.25, 0.3) is 11.1 Å². The van der Waals surface area contributed by atoms with Gasteiger partial charge in [0.2, 0.25) is 0 Å². The van der Waals surface area contributed by atoms with Crippen LogP contribution in [0, 0.1) is 0 Å². The highest BCUT2D eigenvalue weighted by Gasteiger charge is 2.36. The minimum Gasteiger partial charge on any atom is -0.489 e. The second-order valence-corrected chi connectivity index (χ2v) is 8.47. The molecule has 1 aliphatic rings. The SMILES string of the molecule is C=CCOc1ccc(Br)cc1/C=C1\SC(=O)N(Cc2c(Cl)cccc2Cl)C1=O. The van der Waals surface area contributed by atoms with Crippen LogP contribution in [0.15, 0.2) is 58.4 Å². The lowest BCUT2D eigenvalue weighted by Gasteiger charge is -2.14. The molecule has 2 aromatic rings. The topological polar surface area (TPSA) is 46.6 Å². The first-order valence-corrected chi connectivity index (χ1v) is 10.5. The average Bonchev–Trinajstić information content (AvgIpc) is 2.91. The monoisotopic (exact) mass is 497 g/mol. The molecule has 28 heavy (non-hydrogen) atoms. The summed E-state index contributed by atoms with van der Waals surface area (Å²) in [6.07, 6.45) is 3.27. The Labute approximate surface area is 185 Å². The van der Waals surface area contributed by atoms with Crippen molar-refractivity contribution in [1.29, 1.82) is 0 Å². The molecule has 8 heteroatoms. The van der Waals surface area contributed by atoms with E-state index >= 15 is 0 Å². The number of nitrogens with zero attached hydrogens (tertiary/aromatic N) is 1. The van der Waals surface area contributed by atoms with E-state index in [1.807, 2.05) is 12.1 Å².